The van der Waals surface area contributed by atoms with Crippen molar-refractivity contribution in [3.63, 3.8) is 0 Å². The van der Waals surface area contributed by atoms with Gasteiger partial charge in [-0.2, -0.15) is 23.4 Å². The van der Waals surface area contributed by atoms with Gasteiger partial charge in [-0.05, 0) is 26.8 Å². The SMILES string of the molecule is Cc1cc(C)n(CCc2nnc(CCn3nc(C(F)(F)F)c(Cl)c3C)o2)n1. The van der Waals surface area contributed by atoms with E-state index in [0.29, 0.717) is 24.7 Å². The lowest BCUT2D eigenvalue weighted by Crippen LogP contribution is -2.10. The Kier molecular flexibility index (Phi) is 5.27. The maximum Gasteiger partial charge on any atom is 0.436 e. The van der Waals surface area contributed by atoms with E-state index in [1.165, 1.54) is 11.6 Å². The van der Waals surface area contributed by atoms with Gasteiger partial charge in [-0.25, -0.2) is 0 Å². The minimum atomic E-state index is -4.59. The molecule has 0 aliphatic carbocycles. The molecular weight excluding hydrogens is 385 g/mol. The molecule has 0 bridgehead atoms. The van der Waals surface area contributed by atoms with Crippen molar-refractivity contribution in [2.45, 2.75) is 52.9 Å². The predicted octanol–water partition coefficient (Wildman–Crippen LogP) is 3.55. The fourth-order valence-electron chi connectivity index (χ4n) is 2.72. The molecule has 146 valence electrons. The summed E-state index contributed by atoms with van der Waals surface area (Å²) in [6, 6.07) is 1.98. The molecule has 7 nitrogen and oxygen atoms in total. The van der Waals surface area contributed by atoms with Gasteiger partial charge in [0.05, 0.1) is 16.4 Å². The van der Waals surface area contributed by atoms with Crippen molar-refractivity contribution >= 4 is 11.6 Å². The summed E-state index contributed by atoms with van der Waals surface area (Å²) in [6.45, 7) is 6.12. The highest BCUT2D eigenvalue weighted by Gasteiger charge is 2.38. The Bertz CT molecular complexity index is 943. The highest BCUT2D eigenvalue weighted by molar-refractivity contribution is 6.31. The topological polar surface area (TPSA) is 74.6 Å². The molecule has 0 aliphatic rings. The zero-order valence-electron chi connectivity index (χ0n) is 15.0. The van der Waals surface area contributed by atoms with Crippen LogP contribution in [0.25, 0.3) is 0 Å². The van der Waals surface area contributed by atoms with E-state index >= 15 is 0 Å². The summed E-state index contributed by atoms with van der Waals surface area (Å²) in [4.78, 5) is 0. The van der Waals surface area contributed by atoms with Crippen molar-refractivity contribution < 1.29 is 17.6 Å². The number of hydrogen-bond acceptors (Lipinski definition) is 5. The fourth-order valence-corrected chi connectivity index (χ4v) is 2.96. The minimum absolute atomic E-state index is 0.153. The van der Waals surface area contributed by atoms with Gasteiger partial charge in [0.1, 0.15) is 0 Å². The van der Waals surface area contributed by atoms with Crippen molar-refractivity contribution in [3.05, 3.63) is 45.6 Å². The molecule has 3 heterocycles. The Morgan fingerprint density at radius 2 is 1.59 bits per heavy atom. The highest BCUT2D eigenvalue weighted by atomic mass is 35.5. The number of halogens is 4. The Morgan fingerprint density at radius 1 is 1.00 bits per heavy atom. The summed E-state index contributed by atoms with van der Waals surface area (Å²) in [5, 5.41) is 15.4. The molecule has 0 saturated carbocycles. The molecule has 0 unspecified atom stereocenters. The van der Waals surface area contributed by atoms with E-state index in [2.05, 4.69) is 20.4 Å². The molecule has 11 heteroatoms. The van der Waals surface area contributed by atoms with Crippen molar-refractivity contribution in [2.75, 3.05) is 0 Å². The van der Waals surface area contributed by atoms with Crippen LogP contribution in [0.1, 0.15) is 34.6 Å². The Hall–Kier alpha value is -2.36. The van der Waals surface area contributed by atoms with Gasteiger partial charge in [0, 0.05) is 31.6 Å². The summed E-state index contributed by atoms with van der Waals surface area (Å²) >= 11 is 5.74. The molecule has 27 heavy (non-hydrogen) atoms. The van der Waals surface area contributed by atoms with Crippen LogP contribution < -0.4 is 0 Å². The van der Waals surface area contributed by atoms with E-state index in [1.54, 1.807) is 0 Å². The smallest absolute Gasteiger partial charge is 0.425 e. The second-order valence-electron chi connectivity index (χ2n) is 6.21. The van der Waals surface area contributed by atoms with E-state index in [9.17, 15) is 13.2 Å². The minimum Gasteiger partial charge on any atom is -0.425 e. The average molecular weight is 403 g/mol. The van der Waals surface area contributed by atoms with Crippen LogP contribution in [0.15, 0.2) is 10.5 Å². The first kappa shape index (κ1) is 19.4. The lowest BCUT2D eigenvalue weighted by Gasteiger charge is -2.02. The van der Waals surface area contributed by atoms with Crippen molar-refractivity contribution in [1.82, 2.24) is 29.8 Å². The molecule has 0 N–H and O–H groups in total. The Balaban J connectivity index is 1.61. The number of nitrogens with zero attached hydrogens (tertiary/aromatic N) is 6. The van der Waals surface area contributed by atoms with Crippen LogP contribution >= 0.6 is 11.6 Å². The molecule has 0 amide bonds. The molecular formula is C16H18ClF3N6O. The zero-order valence-corrected chi connectivity index (χ0v) is 15.8. The van der Waals surface area contributed by atoms with Crippen molar-refractivity contribution in [3.8, 4) is 0 Å². The first-order valence-electron chi connectivity index (χ1n) is 8.27. The Morgan fingerprint density at radius 3 is 2.07 bits per heavy atom. The summed E-state index contributed by atoms with van der Waals surface area (Å²) in [5.74, 6) is 0.779. The fraction of sp³-hybridized carbons (Fsp3) is 0.500. The lowest BCUT2D eigenvalue weighted by molar-refractivity contribution is -0.141. The average Bonchev–Trinajstić information content (AvgIpc) is 3.23. The molecule has 0 spiro atoms. The normalized spacial score (nSPS) is 12.1. The van der Waals surface area contributed by atoms with Gasteiger partial charge in [0.25, 0.3) is 0 Å². The van der Waals surface area contributed by atoms with Crippen LogP contribution in [0.3, 0.4) is 0 Å². The molecule has 0 fully saturated rings. The van der Waals surface area contributed by atoms with E-state index in [4.69, 9.17) is 16.0 Å². The third-order valence-corrected chi connectivity index (χ3v) is 4.54. The molecule has 0 saturated heterocycles. The quantitative estimate of drug-likeness (QED) is 0.630. The number of aryl methyl sites for hydroxylation is 6. The second kappa shape index (κ2) is 7.34. The summed E-state index contributed by atoms with van der Waals surface area (Å²) in [7, 11) is 0. The zero-order chi connectivity index (χ0) is 19.8. The number of aromatic nitrogens is 6. The third kappa shape index (κ3) is 4.32. The first-order chi connectivity index (χ1) is 12.6. The van der Waals surface area contributed by atoms with Crippen molar-refractivity contribution in [1.29, 1.82) is 0 Å². The monoisotopic (exact) mass is 402 g/mol. The highest BCUT2D eigenvalue weighted by Crippen LogP contribution is 2.35. The van der Waals surface area contributed by atoms with Crippen LogP contribution in [0.4, 0.5) is 13.2 Å². The van der Waals surface area contributed by atoms with Crippen LogP contribution in [0.5, 0.6) is 0 Å². The first-order valence-corrected chi connectivity index (χ1v) is 8.65. The largest absolute Gasteiger partial charge is 0.436 e. The van der Waals surface area contributed by atoms with Crippen LogP contribution in [-0.2, 0) is 32.1 Å². The van der Waals surface area contributed by atoms with Gasteiger partial charge in [0.2, 0.25) is 11.8 Å². The standard InChI is InChI=1S/C16H18ClF3N6O/c1-9-8-10(2)25(23-9)6-4-12-21-22-13(27-12)5-7-26-11(3)14(17)15(24-26)16(18,19)20/h8H,4-7H2,1-3H3. The summed E-state index contributed by atoms with van der Waals surface area (Å²) in [5.41, 5.74) is 1.13. The van der Waals surface area contributed by atoms with Gasteiger partial charge in [-0.3, -0.25) is 9.36 Å². The summed E-state index contributed by atoms with van der Waals surface area (Å²) < 4.78 is 47.2. The Labute approximate surface area is 158 Å². The maximum atomic E-state index is 12.9. The van der Waals surface area contributed by atoms with E-state index in [0.717, 1.165) is 11.4 Å². The number of rotatable bonds is 6. The van der Waals surface area contributed by atoms with Gasteiger partial charge >= 0.3 is 6.18 Å². The van der Waals surface area contributed by atoms with Gasteiger partial charge < -0.3 is 4.42 Å². The van der Waals surface area contributed by atoms with Crippen LogP contribution in [0, 0.1) is 20.8 Å². The second-order valence-corrected chi connectivity index (χ2v) is 6.59. The van der Waals surface area contributed by atoms with E-state index < -0.39 is 16.9 Å². The van der Waals surface area contributed by atoms with Crippen molar-refractivity contribution in [2.24, 2.45) is 0 Å². The van der Waals surface area contributed by atoms with Gasteiger partial charge in [-0.1, -0.05) is 11.6 Å². The third-order valence-electron chi connectivity index (χ3n) is 4.09. The predicted molar refractivity (Wildman–Crippen MR) is 90.4 cm³/mol. The van der Waals surface area contributed by atoms with E-state index in [-0.39, 0.29) is 18.7 Å². The molecule has 3 rings (SSSR count). The summed E-state index contributed by atoms with van der Waals surface area (Å²) in [6.07, 6.45) is -3.82. The number of alkyl halides is 3. The molecule has 0 aromatic carbocycles. The molecule has 0 aliphatic heterocycles. The molecule has 0 radical (unpaired) electrons. The van der Waals surface area contributed by atoms with Crippen LogP contribution in [-0.4, -0.2) is 29.8 Å². The lowest BCUT2D eigenvalue weighted by atomic mass is 10.3. The van der Waals surface area contributed by atoms with Gasteiger partial charge in [-0.15, -0.1) is 10.2 Å². The molecule has 0 atom stereocenters. The van der Waals surface area contributed by atoms with Crippen LogP contribution in [0.2, 0.25) is 5.02 Å². The molecule has 3 aromatic heterocycles. The maximum absolute atomic E-state index is 12.9. The molecule has 3 aromatic rings. The number of hydrogen-bond donors (Lipinski definition) is 0. The van der Waals surface area contributed by atoms with Gasteiger partial charge in [0.15, 0.2) is 5.69 Å². The van der Waals surface area contributed by atoms with E-state index in [1.807, 2.05) is 24.6 Å².